The summed E-state index contributed by atoms with van der Waals surface area (Å²) in [4.78, 5) is 50.3. The third kappa shape index (κ3) is 15.2. The number of methoxy groups -OCH3 is 1. The third-order valence-electron chi connectivity index (χ3n) is 16.0. The van der Waals surface area contributed by atoms with Crippen molar-refractivity contribution in [3.8, 4) is 0 Å². The molecule has 0 unspecified atom stereocenters. The van der Waals surface area contributed by atoms with Crippen LogP contribution in [0, 0.1) is 29.5 Å². The van der Waals surface area contributed by atoms with E-state index >= 15 is 4.39 Å². The lowest BCUT2D eigenvalue weighted by molar-refractivity contribution is -0.316. The van der Waals surface area contributed by atoms with Crippen LogP contribution in [0.5, 0.6) is 0 Å². The number of carbonyl (C=O) groups excluding carboxylic acids is 1. The zero-order valence-electron chi connectivity index (χ0n) is 48.3. The zero-order chi connectivity index (χ0) is 59.3. The number of pyridine rings is 2. The minimum atomic E-state index is -4.30. The Kier molecular flexibility index (Phi) is 22.4. The van der Waals surface area contributed by atoms with E-state index < -0.39 is 146 Å². The molecule has 7 N–H and O–H groups in total. The predicted octanol–water partition coefficient (Wildman–Crippen LogP) is 2.84. The zero-order valence-corrected chi connectivity index (χ0v) is 49.1. The number of rotatable bonds is 19. The van der Waals surface area contributed by atoms with Crippen LogP contribution in [0.3, 0.4) is 0 Å². The fourth-order valence-electron chi connectivity index (χ4n) is 11.5. The molecule has 0 aliphatic carbocycles. The summed E-state index contributed by atoms with van der Waals surface area (Å²) in [5.74, 6) is -7.53. The summed E-state index contributed by atoms with van der Waals surface area (Å²) in [6.45, 7) is 18.5. The highest BCUT2D eigenvalue weighted by molar-refractivity contribution is 7.86. The monoisotopic (exact) mass is 1150 g/mol. The first-order valence-corrected chi connectivity index (χ1v) is 28.6. The number of carbonyl (C=O) groups is 2. The molecular formula is C53H87FN6O18S. The molecule has 5 rings (SSSR count). The van der Waals surface area contributed by atoms with Gasteiger partial charge in [0.2, 0.25) is 5.43 Å². The van der Waals surface area contributed by atoms with E-state index in [0.717, 1.165) is 12.3 Å². The van der Waals surface area contributed by atoms with Crippen LogP contribution < -0.4 is 16.1 Å². The number of aromatic nitrogens is 2. The number of nitrogens with zero attached hydrogens (tertiary/aromatic N) is 4. The van der Waals surface area contributed by atoms with Crippen molar-refractivity contribution in [2.45, 2.75) is 193 Å². The van der Waals surface area contributed by atoms with Gasteiger partial charge in [-0.1, -0.05) is 32.9 Å². The molecule has 450 valence electrons. The number of hydrogen-bond acceptors (Lipinski definition) is 22. The summed E-state index contributed by atoms with van der Waals surface area (Å²) in [5.41, 5.74) is -6.26. The van der Waals surface area contributed by atoms with Crippen molar-refractivity contribution < 1.29 is 85.4 Å². The van der Waals surface area contributed by atoms with Gasteiger partial charge in [0.15, 0.2) is 24.2 Å². The average molecular weight is 1150 g/mol. The van der Waals surface area contributed by atoms with Crippen LogP contribution in [0.1, 0.15) is 112 Å². The maximum atomic E-state index is 15.1. The number of esters is 1. The van der Waals surface area contributed by atoms with Crippen molar-refractivity contribution >= 4 is 44.6 Å². The highest BCUT2D eigenvalue weighted by Crippen LogP contribution is 2.42. The molecule has 3 aliphatic rings. The highest BCUT2D eigenvalue weighted by atomic mass is 32.2. The normalized spacial score (nSPS) is 36.9. The maximum Gasteiger partial charge on any atom is 0.341 e. The van der Waals surface area contributed by atoms with E-state index in [1.165, 1.54) is 25.7 Å². The summed E-state index contributed by atoms with van der Waals surface area (Å²) in [6.07, 6.45) is -10.1. The molecule has 26 heteroatoms. The number of ether oxygens (including phenoxy) is 6. The van der Waals surface area contributed by atoms with Crippen molar-refractivity contribution in [3.63, 3.8) is 0 Å². The van der Waals surface area contributed by atoms with E-state index in [1.54, 1.807) is 62.3 Å². The first kappa shape index (κ1) is 65.8. The van der Waals surface area contributed by atoms with E-state index in [1.807, 2.05) is 25.9 Å². The number of hydrogen-bond donors (Lipinski definition) is 7. The van der Waals surface area contributed by atoms with Gasteiger partial charge < -0.3 is 78.9 Å². The largest absolute Gasteiger partial charge is 0.477 e. The second kappa shape index (κ2) is 26.9. The molecule has 0 spiro atoms. The number of aromatic carboxylic acids is 1. The number of carboxylic acid groups (broad SMARTS) is 1. The van der Waals surface area contributed by atoms with Gasteiger partial charge in [-0.2, -0.15) is 8.42 Å². The summed E-state index contributed by atoms with van der Waals surface area (Å²) in [7, 11) is 2.07. The topological polar surface area (TPSA) is 318 Å². The second-order valence-electron chi connectivity index (χ2n) is 22.4. The van der Waals surface area contributed by atoms with Crippen LogP contribution in [0.4, 0.5) is 10.2 Å². The molecule has 0 saturated carbocycles. The molecule has 79 heavy (non-hydrogen) atoms. The molecular weight excluding hydrogens is 1060 g/mol. The van der Waals surface area contributed by atoms with Crippen LogP contribution in [0.2, 0.25) is 0 Å². The lowest BCUT2D eigenvalue weighted by Gasteiger charge is -2.49. The number of fused-ring (bicyclic) bond motifs is 1. The minimum absolute atomic E-state index is 0.0768. The number of cyclic esters (lactones) is 1. The smallest absolute Gasteiger partial charge is 0.341 e. The molecule has 0 aromatic carbocycles. The van der Waals surface area contributed by atoms with Crippen molar-refractivity contribution in [1.82, 2.24) is 19.8 Å². The van der Waals surface area contributed by atoms with E-state index in [9.17, 15) is 48.3 Å². The molecule has 2 aromatic rings. The van der Waals surface area contributed by atoms with Gasteiger partial charge >= 0.3 is 11.9 Å². The van der Waals surface area contributed by atoms with E-state index in [-0.39, 0.29) is 68.4 Å². The summed E-state index contributed by atoms with van der Waals surface area (Å²) >= 11 is 0. The maximum absolute atomic E-state index is 15.1. The molecule has 24 nitrogen and oxygen atoms in total. The Morgan fingerprint density at radius 2 is 1.65 bits per heavy atom. The number of halogens is 1. The Labute approximate surface area is 462 Å². The van der Waals surface area contributed by atoms with E-state index in [0.29, 0.717) is 12.1 Å². The van der Waals surface area contributed by atoms with Gasteiger partial charge in [0.25, 0.3) is 10.1 Å². The van der Waals surface area contributed by atoms with Crippen molar-refractivity contribution in [2.75, 3.05) is 59.0 Å². The van der Waals surface area contributed by atoms with Gasteiger partial charge in [-0.3, -0.25) is 13.8 Å². The Morgan fingerprint density at radius 1 is 0.975 bits per heavy atom. The summed E-state index contributed by atoms with van der Waals surface area (Å²) in [5, 5.41) is 67.8. The predicted molar refractivity (Wildman–Crippen MR) is 288 cm³/mol. The number of likely N-dealkylation sites (N-methyl/N-ethyl adjacent to an activating group) is 1. The Morgan fingerprint density at radius 3 is 2.24 bits per heavy atom. The van der Waals surface area contributed by atoms with Gasteiger partial charge in [0.05, 0.1) is 64.5 Å². The lowest BCUT2D eigenvalue weighted by Crippen LogP contribution is -2.61. The van der Waals surface area contributed by atoms with Crippen LogP contribution in [-0.4, -0.2) is 204 Å². The Bertz CT molecular complexity index is 2610. The van der Waals surface area contributed by atoms with Gasteiger partial charge in [-0.25, -0.2) is 14.2 Å². The van der Waals surface area contributed by atoms with Crippen molar-refractivity contribution in [1.29, 1.82) is 0 Å². The fourth-order valence-corrected chi connectivity index (χ4v) is 12.6. The lowest BCUT2D eigenvalue weighted by atomic mass is 9.73. The number of oxime groups is 1. The van der Waals surface area contributed by atoms with Crippen LogP contribution in [0.15, 0.2) is 22.2 Å². The first-order chi connectivity index (χ1) is 36.8. The van der Waals surface area contributed by atoms with E-state index in [2.05, 4.69) is 20.8 Å². The number of aryl methyl sites for hydroxylation is 1. The van der Waals surface area contributed by atoms with Crippen LogP contribution in [0.25, 0.3) is 11.0 Å². The van der Waals surface area contributed by atoms with Gasteiger partial charge in [-0.15, -0.1) is 0 Å². The highest BCUT2D eigenvalue weighted by Gasteiger charge is 2.54. The fraction of sp³-hybridized carbons (Fsp3) is 0.792. The SMILES string of the molecule is CC[C@H]1OC(=O)[C@H](C)[C@@H](O[C@H]2C[C@@](C)(OC)[C@@H](OS(=O)(=O)CCNCCNc3nc4c(cc3F)c(=O)c(C(=O)O)cn4CC)[C@H](C)O2)[C@H](C)[C@@H](O[C@@H]2O[C@H](C)C[C@H](N(C)C)[C@H]2O)[C@](C)(O)C[C@@H](C)C(=NOC)[C@H](C)[C@@H](O)[C@]1(C)O. The molecule has 5 heterocycles. The van der Waals surface area contributed by atoms with Crippen molar-refractivity contribution in [2.24, 2.45) is 28.8 Å². The van der Waals surface area contributed by atoms with Gasteiger partial charge in [0.1, 0.15) is 42.2 Å². The molecule has 0 bridgehead atoms. The Hall–Kier alpha value is -4.03. The quantitative estimate of drug-likeness (QED) is 0.0460. The number of anilines is 1. The first-order valence-electron chi connectivity index (χ1n) is 27.1. The van der Waals surface area contributed by atoms with Crippen molar-refractivity contribution in [3.05, 3.63) is 33.9 Å². The number of carboxylic acids is 1. The average Bonchev–Trinajstić information content (AvgIpc) is 3.40. The molecule has 3 aliphatic heterocycles. The van der Waals surface area contributed by atoms with Crippen LogP contribution in [-0.2, 0) is 58.9 Å². The number of aliphatic hydroxyl groups is 4. The standard InChI is InChI=1S/C53H87FN6O18S/c1-16-37-53(11,68)43(63)29(5)39(58-72-15)27(3)24-51(9,67)44(77-50-41(62)36(59(12)13)22-28(4)73-50)30(6)42(31(7)49(66)75-37)76-38-25-52(10,71-14)45(32(8)74-38)78-79(69,70)21-20-55-18-19-56-46-35(54)23-33-40(61)34(48(64)65)26-60(17-2)47(33)57-46/h23,26-32,36-38,41-45,50,55,62-63,67-68H,16-22,24-25H2,1-15H3,(H,56,57)(H,64,65)/t27-,28-,29+,30+,31-,32+,36+,37-,38+,41-,42+,43-,44-,45+,50+,51-,52-,53-/m1/s1. The second-order valence-corrected chi connectivity index (χ2v) is 24.1. The number of aliphatic hydroxyl groups excluding tert-OH is 2. The van der Waals surface area contributed by atoms with E-state index in [4.69, 9.17) is 37.4 Å². The molecule has 0 radical (unpaired) electrons. The molecule has 0 amide bonds. The van der Waals surface area contributed by atoms with Gasteiger partial charge in [-0.05, 0) is 87.9 Å². The summed E-state index contributed by atoms with van der Waals surface area (Å²) < 4.78 is 88.0. The summed E-state index contributed by atoms with van der Waals surface area (Å²) in [6, 6.07) is 0.533. The van der Waals surface area contributed by atoms with Crippen LogP contribution >= 0.6 is 0 Å². The molecule has 2 aromatic heterocycles. The Balaban J connectivity index is 1.38. The molecule has 3 saturated heterocycles. The third-order valence-corrected chi connectivity index (χ3v) is 17.2. The van der Waals surface area contributed by atoms with Gasteiger partial charge in [0, 0.05) is 69.7 Å². The molecule has 18 atom stereocenters. The number of nitrogens with one attached hydrogen (secondary N) is 2. The minimum Gasteiger partial charge on any atom is -0.477 e. The molecule has 3 fully saturated rings.